The Morgan fingerprint density at radius 2 is 1.96 bits per heavy atom. The van der Waals surface area contributed by atoms with Crippen LogP contribution in [0.15, 0.2) is 24.3 Å². The zero-order valence-electron chi connectivity index (χ0n) is 13.7. The first kappa shape index (κ1) is 18.6. The molecule has 1 rings (SSSR count). The Bertz CT molecular complexity index is 625. The molecule has 0 spiro atoms. The number of halogens is 1. The molecule has 0 aromatic heterocycles. The van der Waals surface area contributed by atoms with Crippen molar-refractivity contribution < 1.29 is 18.7 Å². The number of carbonyl (C=O) groups excluding carboxylic acids is 2. The summed E-state index contributed by atoms with van der Waals surface area (Å²) in [7, 11) is 0. The van der Waals surface area contributed by atoms with E-state index in [0.29, 0.717) is 0 Å². The van der Waals surface area contributed by atoms with E-state index in [0.717, 1.165) is 0 Å². The van der Waals surface area contributed by atoms with Gasteiger partial charge in [-0.2, -0.15) is 5.26 Å². The molecule has 0 saturated carbocycles. The van der Waals surface area contributed by atoms with Gasteiger partial charge in [0.05, 0.1) is 12.5 Å². The Kier molecular flexibility index (Phi) is 6.26. The van der Waals surface area contributed by atoms with Crippen molar-refractivity contribution in [3.63, 3.8) is 0 Å². The van der Waals surface area contributed by atoms with E-state index in [1.165, 1.54) is 25.1 Å². The van der Waals surface area contributed by atoms with Crippen LogP contribution in [0, 0.1) is 23.1 Å². The van der Waals surface area contributed by atoms with Gasteiger partial charge in [0.1, 0.15) is 11.4 Å². The highest BCUT2D eigenvalue weighted by Crippen LogP contribution is 2.16. The predicted octanol–water partition coefficient (Wildman–Crippen LogP) is 2.35. The Morgan fingerprint density at radius 3 is 2.48 bits per heavy atom. The van der Waals surface area contributed by atoms with E-state index in [4.69, 9.17) is 4.74 Å². The molecule has 2 atom stereocenters. The van der Waals surface area contributed by atoms with Crippen molar-refractivity contribution in [2.24, 2.45) is 5.92 Å². The summed E-state index contributed by atoms with van der Waals surface area (Å²) < 4.78 is 18.5. The highest BCUT2D eigenvalue weighted by Gasteiger charge is 2.32. The predicted molar refractivity (Wildman–Crippen MR) is 82.7 cm³/mol. The van der Waals surface area contributed by atoms with Crippen molar-refractivity contribution >= 4 is 11.9 Å². The maximum Gasteiger partial charge on any atom is 0.311 e. The van der Waals surface area contributed by atoms with Crippen molar-refractivity contribution in [3.8, 4) is 6.07 Å². The van der Waals surface area contributed by atoms with E-state index in [-0.39, 0.29) is 17.9 Å². The molecule has 0 aliphatic carbocycles. The van der Waals surface area contributed by atoms with Crippen LogP contribution >= 0.6 is 0 Å². The van der Waals surface area contributed by atoms with Gasteiger partial charge in [0.15, 0.2) is 6.10 Å². The van der Waals surface area contributed by atoms with E-state index >= 15 is 0 Å². The Labute approximate surface area is 135 Å². The van der Waals surface area contributed by atoms with Crippen molar-refractivity contribution in [2.75, 3.05) is 0 Å². The average molecular weight is 320 g/mol. The monoisotopic (exact) mass is 320 g/mol. The minimum atomic E-state index is -1.07. The number of nitrogens with zero attached hydrogens (tertiary/aromatic N) is 1. The summed E-state index contributed by atoms with van der Waals surface area (Å²) in [5.74, 6) is -1.89. The van der Waals surface area contributed by atoms with E-state index in [1.54, 1.807) is 26.8 Å². The molecule has 0 bridgehead atoms. The van der Waals surface area contributed by atoms with Gasteiger partial charge in [-0.05, 0) is 31.4 Å². The second-order valence-electron chi connectivity index (χ2n) is 5.86. The van der Waals surface area contributed by atoms with Gasteiger partial charge in [-0.3, -0.25) is 9.59 Å². The lowest BCUT2D eigenvalue weighted by molar-refractivity contribution is -0.154. The topological polar surface area (TPSA) is 79.2 Å². The van der Waals surface area contributed by atoms with Crippen LogP contribution < -0.4 is 5.32 Å². The molecule has 0 radical (unpaired) electrons. The van der Waals surface area contributed by atoms with E-state index in [1.807, 2.05) is 6.07 Å². The maximum absolute atomic E-state index is 13.5. The number of hydrogen-bond donors (Lipinski definition) is 1. The van der Waals surface area contributed by atoms with Crippen LogP contribution in [0.25, 0.3) is 0 Å². The molecule has 0 aliphatic heterocycles. The smallest absolute Gasteiger partial charge is 0.311 e. The molecule has 1 N–H and O–H groups in total. The van der Waals surface area contributed by atoms with Gasteiger partial charge in [0, 0.05) is 0 Å². The van der Waals surface area contributed by atoms with E-state index in [9.17, 15) is 19.2 Å². The highest BCUT2D eigenvalue weighted by atomic mass is 19.1. The third-order valence-electron chi connectivity index (χ3n) is 3.74. The molecule has 1 amide bonds. The van der Waals surface area contributed by atoms with Gasteiger partial charge < -0.3 is 10.1 Å². The average Bonchev–Trinajstić information content (AvgIpc) is 2.49. The molecule has 0 fully saturated rings. The fourth-order valence-corrected chi connectivity index (χ4v) is 1.75. The molecule has 1 aromatic carbocycles. The number of amides is 1. The maximum atomic E-state index is 13.5. The first-order chi connectivity index (χ1) is 10.7. The van der Waals surface area contributed by atoms with Crippen LogP contribution in [0.3, 0.4) is 0 Å². The van der Waals surface area contributed by atoms with Crippen LogP contribution in [0.4, 0.5) is 4.39 Å². The normalized spacial score (nSPS) is 14.5. The van der Waals surface area contributed by atoms with Crippen LogP contribution in [0.5, 0.6) is 0 Å². The lowest BCUT2D eigenvalue weighted by Gasteiger charge is -2.28. The van der Waals surface area contributed by atoms with Gasteiger partial charge in [0.25, 0.3) is 5.91 Å². The number of ether oxygens (including phenoxy) is 1. The number of nitriles is 1. The molecule has 23 heavy (non-hydrogen) atoms. The second kappa shape index (κ2) is 7.73. The van der Waals surface area contributed by atoms with Crippen LogP contribution in [-0.4, -0.2) is 23.5 Å². The minimum Gasteiger partial charge on any atom is -0.452 e. The summed E-state index contributed by atoms with van der Waals surface area (Å²) in [4.78, 5) is 23.9. The van der Waals surface area contributed by atoms with Crippen LogP contribution in [0.2, 0.25) is 0 Å². The summed E-state index contributed by atoms with van der Waals surface area (Å²) in [5.41, 5.74) is -0.849. The third kappa shape index (κ3) is 5.06. The largest absolute Gasteiger partial charge is 0.452 e. The second-order valence-corrected chi connectivity index (χ2v) is 5.86. The van der Waals surface area contributed by atoms with Crippen LogP contribution in [0.1, 0.15) is 33.3 Å². The summed E-state index contributed by atoms with van der Waals surface area (Å²) in [6, 6.07) is 7.91. The number of esters is 1. The van der Waals surface area contributed by atoms with E-state index < -0.39 is 29.3 Å². The number of benzene rings is 1. The number of carbonyl (C=O) groups is 2. The number of nitrogens with one attached hydrogen (secondary N) is 1. The van der Waals surface area contributed by atoms with Gasteiger partial charge in [-0.25, -0.2) is 4.39 Å². The molecular formula is C17H21FN2O3. The lowest BCUT2D eigenvalue weighted by atomic mass is 9.90. The standard InChI is InChI=1S/C17H21FN2O3/c1-11(2)17(4,10-19)20-16(22)12(3)23-15(21)9-13-7-5-6-8-14(13)18/h5-8,11-12H,9H2,1-4H3,(H,20,22). The van der Waals surface area contributed by atoms with Crippen molar-refractivity contribution in [2.45, 2.75) is 45.8 Å². The Balaban J connectivity index is 2.63. The van der Waals surface area contributed by atoms with Crippen molar-refractivity contribution in [3.05, 3.63) is 35.6 Å². The third-order valence-corrected chi connectivity index (χ3v) is 3.74. The van der Waals surface area contributed by atoms with Gasteiger partial charge in [0.2, 0.25) is 0 Å². The molecule has 6 heteroatoms. The number of hydrogen-bond acceptors (Lipinski definition) is 4. The zero-order chi connectivity index (χ0) is 17.6. The van der Waals surface area contributed by atoms with E-state index in [2.05, 4.69) is 5.32 Å². The summed E-state index contributed by atoms with van der Waals surface area (Å²) >= 11 is 0. The molecule has 0 heterocycles. The first-order valence-electron chi connectivity index (χ1n) is 7.35. The number of rotatable bonds is 6. The molecule has 124 valence electrons. The van der Waals surface area contributed by atoms with Crippen molar-refractivity contribution in [1.29, 1.82) is 5.26 Å². The molecular weight excluding hydrogens is 299 g/mol. The summed E-state index contributed by atoms with van der Waals surface area (Å²) in [6.45, 7) is 6.62. The zero-order valence-corrected chi connectivity index (χ0v) is 13.7. The molecule has 0 aliphatic rings. The van der Waals surface area contributed by atoms with Gasteiger partial charge in [-0.1, -0.05) is 32.0 Å². The molecule has 2 unspecified atom stereocenters. The fourth-order valence-electron chi connectivity index (χ4n) is 1.75. The Morgan fingerprint density at radius 1 is 1.35 bits per heavy atom. The van der Waals surface area contributed by atoms with Crippen LogP contribution in [-0.2, 0) is 20.7 Å². The first-order valence-corrected chi connectivity index (χ1v) is 7.35. The summed E-state index contributed by atoms with van der Waals surface area (Å²) in [5, 5.41) is 11.8. The SMILES string of the molecule is CC(OC(=O)Cc1ccccc1F)C(=O)NC(C)(C#N)C(C)C. The minimum absolute atomic E-state index is 0.113. The van der Waals surface area contributed by atoms with Gasteiger partial charge >= 0.3 is 5.97 Å². The fraction of sp³-hybridized carbons (Fsp3) is 0.471. The highest BCUT2D eigenvalue weighted by molar-refractivity contribution is 5.84. The Hall–Kier alpha value is -2.42. The molecule has 0 saturated heterocycles. The quantitative estimate of drug-likeness (QED) is 0.816. The molecule has 1 aromatic rings. The van der Waals surface area contributed by atoms with Gasteiger partial charge in [-0.15, -0.1) is 0 Å². The summed E-state index contributed by atoms with van der Waals surface area (Å²) in [6.07, 6.45) is -1.33. The van der Waals surface area contributed by atoms with Crippen molar-refractivity contribution in [1.82, 2.24) is 5.32 Å². The molecule has 5 nitrogen and oxygen atoms in total. The lowest BCUT2D eigenvalue weighted by Crippen LogP contribution is -2.52.